The van der Waals surface area contributed by atoms with Crippen molar-refractivity contribution < 1.29 is 18.7 Å². The van der Waals surface area contributed by atoms with Gasteiger partial charge in [-0.1, -0.05) is 12.1 Å². The molecule has 0 aliphatic rings. The molecular formula is C18H19FN2O3. The molecule has 0 heterocycles. The number of rotatable bonds is 4. The molecule has 0 spiro atoms. The number of benzene rings is 2. The lowest BCUT2D eigenvalue weighted by atomic mass is 9.94. The van der Waals surface area contributed by atoms with Gasteiger partial charge in [0.25, 0.3) is 0 Å². The molecule has 0 unspecified atom stereocenters. The molecule has 0 aliphatic heterocycles. The minimum Gasteiger partial charge on any atom is -0.465 e. The maximum absolute atomic E-state index is 13.0. The van der Waals surface area contributed by atoms with Crippen molar-refractivity contribution in [2.24, 2.45) is 0 Å². The third-order valence-corrected chi connectivity index (χ3v) is 3.56. The average Bonchev–Trinajstić information content (AvgIpc) is 2.54. The molecule has 0 bridgehead atoms. The van der Waals surface area contributed by atoms with Crippen molar-refractivity contribution in [3.05, 3.63) is 65.5 Å². The second kappa shape index (κ2) is 7.12. The number of carbonyl (C=O) groups excluding carboxylic acids is 2. The van der Waals surface area contributed by atoms with Crippen LogP contribution in [0.4, 0.5) is 14.9 Å². The van der Waals surface area contributed by atoms with Crippen molar-refractivity contribution >= 4 is 17.7 Å². The van der Waals surface area contributed by atoms with E-state index in [1.165, 1.54) is 19.2 Å². The molecule has 0 saturated carbocycles. The highest BCUT2D eigenvalue weighted by molar-refractivity contribution is 5.92. The second-order valence-electron chi connectivity index (χ2n) is 5.78. The van der Waals surface area contributed by atoms with Crippen molar-refractivity contribution in [3.63, 3.8) is 0 Å². The first kappa shape index (κ1) is 17.5. The van der Waals surface area contributed by atoms with Crippen LogP contribution in [-0.2, 0) is 10.3 Å². The van der Waals surface area contributed by atoms with Gasteiger partial charge in [0.05, 0.1) is 18.2 Å². The van der Waals surface area contributed by atoms with Crippen molar-refractivity contribution in [2.75, 3.05) is 12.4 Å². The van der Waals surface area contributed by atoms with E-state index in [-0.39, 0.29) is 5.82 Å². The van der Waals surface area contributed by atoms with Crippen LogP contribution in [0.1, 0.15) is 29.8 Å². The third kappa shape index (κ3) is 4.32. The lowest BCUT2D eigenvalue weighted by molar-refractivity contribution is 0.0600. The summed E-state index contributed by atoms with van der Waals surface area (Å²) in [4.78, 5) is 23.5. The van der Waals surface area contributed by atoms with Crippen molar-refractivity contribution in [2.45, 2.75) is 19.4 Å². The number of urea groups is 1. The van der Waals surface area contributed by atoms with E-state index in [4.69, 9.17) is 0 Å². The van der Waals surface area contributed by atoms with E-state index < -0.39 is 17.5 Å². The fourth-order valence-corrected chi connectivity index (χ4v) is 2.19. The molecule has 0 radical (unpaired) electrons. The summed E-state index contributed by atoms with van der Waals surface area (Å²) in [6, 6.07) is 11.9. The van der Waals surface area contributed by atoms with Crippen molar-refractivity contribution in [3.8, 4) is 0 Å². The summed E-state index contributed by atoms with van der Waals surface area (Å²) in [6.45, 7) is 3.64. The first-order chi connectivity index (χ1) is 11.3. The van der Waals surface area contributed by atoms with E-state index in [0.717, 1.165) is 5.56 Å². The average molecular weight is 330 g/mol. The minimum atomic E-state index is -0.677. The van der Waals surface area contributed by atoms with Gasteiger partial charge < -0.3 is 15.4 Å². The van der Waals surface area contributed by atoms with Crippen LogP contribution >= 0.6 is 0 Å². The molecule has 0 aliphatic carbocycles. The molecule has 24 heavy (non-hydrogen) atoms. The number of anilines is 1. The molecule has 126 valence electrons. The SMILES string of the molecule is COC(=O)c1ccc(NC(=O)NC(C)(C)c2ccc(F)cc2)cc1. The number of hydrogen-bond donors (Lipinski definition) is 2. The topological polar surface area (TPSA) is 67.4 Å². The summed E-state index contributed by atoms with van der Waals surface area (Å²) in [6.07, 6.45) is 0. The van der Waals surface area contributed by atoms with Gasteiger partial charge in [0, 0.05) is 5.69 Å². The summed E-state index contributed by atoms with van der Waals surface area (Å²) in [7, 11) is 1.31. The summed E-state index contributed by atoms with van der Waals surface area (Å²) < 4.78 is 17.6. The lowest BCUT2D eigenvalue weighted by Gasteiger charge is -2.27. The van der Waals surface area contributed by atoms with E-state index in [1.807, 2.05) is 13.8 Å². The largest absolute Gasteiger partial charge is 0.465 e. The molecule has 5 nitrogen and oxygen atoms in total. The number of hydrogen-bond acceptors (Lipinski definition) is 3. The van der Waals surface area contributed by atoms with Gasteiger partial charge >= 0.3 is 12.0 Å². The Morgan fingerprint density at radius 1 is 1.00 bits per heavy atom. The Bertz CT molecular complexity index is 725. The number of amides is 2. The normalized spacial score (nSPS) is 10.8. The van der Waals surface area contributed by atoms with Gasteiger partial charge in [0.15, 0.2) is 0 Å². The van der Waals surface area contributed by atoms with Crippen LogP contribution in [0.3, 0.4) is 0 Å². The van der Waals surface area contributed by atoms with Crippen LogP contribution in [0.25, 0.3) is 0 Å². The smallest absolute Gasteiger partial charge is 0.337 e. The maximum Gasteiger partial charge on any atom is 0.337 e. The number of nitrogens with one attached hydrogen (secondary N) is 2. The monoisotopic (exact) mass is 330 g/mol. The summed E-state index contributed by atoms with van der Waals surface area (Å²) >= 11 is 0. The number of esters is 1. The van der Waals surface area contributed by atoms with Crippen LogP contribution in [0.2, 0.25) is 0 Å². The summed E-state index contributed by atoms with van der Waals surface area (Å²) in [5, 5.41) is 5.51. The fraction of sp³-hybridized carbons (Fsp3) is 0.222. The first-order valence-corrected chi connectivity index (χ1v) is 7.35. The van der Waals surface area contributed by atoms with E-state index in [2.05, 4.69) is 15.4 Å². The molecule has 0 aromatic heterocycles. The van der Waals surface area contributed by atoms with Crippen molar-refractivity contribution in [1.82, 2.24) is 5.32 Å². The number of carbonyl (C=O) groups is 2. The van der Waals surface area contributed by atoms with Crippen LogP contribution in [0.5, 0.6) is 0 Å². The predicted octanol–water partition coefficient (Wildman–Crippen LogP) is 3.67. The molecule has 0 saturated heterocycles. The Morgan fingerprint density at radius 2 is 1.58 bits per heavy atom. The minimum absolute atomic E-state index is 0.329. The van der Waals surface area contributed by atoms with Gasteiger partial charge in [0.2, 0.25) is 0 Å². The predicted molar refractivity (Wildman–Crippen MR) is 89.4 cm³/mol. The number of methoxy groups -OCH3 is 1. The highest BCUT2D eigenvalue weighted by Gasteiger charge is 2.22. The zero-order valence-corrected chi connectivity index (χ0v) is 13.7. The molecule has 2 amide bonds. The maximum atomic E-state index is 13.0. The standard InChI is InChI=1S/C18H19FN2O3/c1-18(2,13-6-8-14(19)9-7-13)21-17(23)20-15-10-4-12(5-11-15)16(22)24-3/h4-11H,1-3H3,(H2,20,21,23). The van der Waals surface area contributed by atoms with Crippen LogP contribution in [-0.4, -0.2) is 19.1 Å². The van der Waals surface area contributed by atoms with Crippen LogP contribution < -0.4 is 10.6 Å². The highest BCUT2D eigenvalue weighted by Crippen LogP contribution is 2.20. The van der Waals surface area contributed by atoms with Crippen LogP contribution in [0.15, 0.2) is 48.5 Å². The lowest BCUT2D eigenvalue weighted by Crippen LogP contribution is -2.43. The van der Waals surface area contributed by atoms with Gasteiger partial charge in [-0.3, -0.25) is 0 Å². The highest BCUT2D eigenvalue weighted by atomic mass is 19.1. The molecule has 6 heteroatoms. The molecule has 2 N–H and O–H groups in total. The zero-order chi connectivity index (χ0) is 17.7. The van der Waals surface area contributed by atoms with Gasteiger partial charge in [-0.15, -0.1) is 0 Å². The molecular weight excluding hydrogens is 311 g/mol. The van der Waals surface area contributed by atoms with Gasteiger partial charge in [0.1, 0.15) is 5.82 Å². The summed E-state index contributed by atoms with van der Waals surface area (Å²) in [5.74, 6) is -0.770. The Balaban J connectivity index is 2.01. The molecule has 2 aromatic rings. The quantitative estimate of drug-likeness (QED) is 0.841. The Hall–Kier alpha value is -2.89. The first-order valence-electron chi connectivity index (χ1n) is 7.35. The van der Waals surface area contributed by atoms with E-state index in [1.54, 1.807) is 36.4 Å². The van der Waals surface area contributed by atoms with Gasteiger partial charge in [-0.25, -0.2) is 14.0 Å². The molecule has 2 aromatic carbocycles. The molecule has 0 fully saturated rings. The second-order valence-corrected chi connectivity index (χ2v) is 5.78. The molecule has 2 rings (SSSR count). The Morgan fingerprint density at radius 3 is 2.12 bits per heavy atom. The zero-order valence-electron chi connectivity index (χ0n) is 13.7. The van der Waals surface area contributed by atoms with Crippen LogP contribution in [0, 0.1) is 5.82 Å². The van der Waals surface area contributed by atoms with E-state index >= 15 is 0 Å². The third-order valence-electron chi connectivity index (χ3n) is 3.56. The molecule has 0 atom stereocenters. The number of halogens is 1. The Labute approximate surface area is 139 Å². The summed E-state index contributed by atoms with van der Waals surface area (Å²) in [5.41, 5.74) is 1.04. The Kier molecular flexibility index (Phi) is 5.18. The van der Waals surface area contributed by atoms with Gasteiger partial charge in [-0.05, 0) is 55.8 Å². The van der Waals surface area contributed by atoms with Crippen molar-refractivity contribution in [1.29, 1.82) is 0 Å². The van der Waals surface area contributed by atoms with E-state index in [0.29, 0.717) is 11.3 Å². The number of ether oxygens (including phenoxy) is 1. The van der Waals surface area contributed by atoms with E-state index in [9.17, 15) is 14.0 Å². The fourth-order valence-electron chi connectivity index (χ4n) is 2.19. The van der Waals surface area contributed by atoms with Gasteiger partial charge in [-0.2, -0.15) is 0 Å².